The van der Waals surface area contributed by atoms with E-state index in [0.717, 1.165) is 36.9 Å². The number of nitrogens with zero attached hydrogens (tertiary/aromatic N) is 2. The van der Waals surface area contributed by atoms with Gasteiger partial charge in [-0.3, -0.25) is 9.59 Å². The number of halogens is 1. The van der Waals surface area contributed by atoms with Crippen LogP contribution in [0.1, 0.15) is 94.3 Å². The molecule has 1 aliphatic carbocycles. The van der Waals surface area contributed by atoms with Crippen LogP contribution < -0.4 is 34.9 Å². The molecule has 1 heterocycles. The minimum atomic E-state index is -1.15. The Bertz CT molecular complexity index is 1010. The fourth-order valence-electron chi connectivity index (χ4n) is 4.80. The summed E-state index contributed by atoms with van der Waals surface area (Å²) in [5, 5.41) is 36.9. The predicted octanol–water partition coefficient (Wildman–Crippen LogP) is 0.833. The normalized spacial score (nSPS) is 15.8. The number of hydrogen-bond acceptors (Lipinski definition) is 5. The van der Waals surface area contributed by atoms with Crippen molar-refractivity contribution < 1.29 is 60.3 Å². The number of carbonyl (C=O) groups excluding carboxylic acids is 1. The monoisotopic (exact) mass is 513 g/mol. The number of aliphatic carboxylic acids is 1. The van der Waals surface area contributed by atoms with Crippen molar-refractivity contribution in [3.63, 3.8) is 0 Å². The first-order valence-corrected chi connectivity index (χ1v) is 12.4. The molecule has 2 atom stereocenters. The Morgan fingerprint density at radius 1 is 1.14 bits per heavy atom. The van der Waals surface area contributed by atoms with Crippen LogP contribution in [-0.4, -0.2) is 55.2 Å². The molecule has 3 rings (SSSR count). The van der Waals surface area contributed by atoms with Gasteiger partial charge in [0.15, 0.2) is 5.69 Å². The van der Waals surface area contributed by atoms with Gasteiger partial charge in [0.05, 0.1) is 24.3 Å². The molecule has 194 valence electrons. The number of amides is 1. The van der Waals surface area contributed by atoms with Crippen molar-refractivity contribution >= 4 is 11.9 Å². The van der Waals surface area contributed by atoms with Gasteiger partial charge in [0.1, 0.15) is 5.82 Å². The number of carbonyl (C=O) groups is 2. The molecule has 1 aromatic carbocycles. The number of aliphatic hydroxyl groups is 2. The van der Waals surface area contributed by atoms with E-state index < -0.39 is 24.6 Å². The van der Waals surface area contributed by atoms with Crippen LogP contribution in [0.15, 0.2) is 24.3 Å². The zero-order valence-corrected chi connectivity index (χ0v) is 23.4. The number of nitrogens with one attached hydrogen (secondary N) is 1. The Kier molecular flexibility index (Phi) is 12.0. The van der Waals surface area contributed by atoms with Crippen molar-refractivity contribution in [2.75, 3.05) is 0 Å². The molecule has 10 heteroatoms. The van der Waals surface area contributed by atoms with Gasteiger partial charge < -0.3 is 22.1 Å². The molecule has 0 bridgehead atoms. The molecule has 1 aromatic heterocycles. The van der Waals surface area contributed by atoms with E-state index in [0.29, 0.717) is 17.8 Å². The van der Waals surface area contributed by atoms with E-state index in [2.05, 4.69) is 10.4 Å². The molecule has 36 heavy (non-hydrogen) atoms. The molecule has 0 unspecified atom stereocenters. The van der Waals surface area contributed by atoms with Crippen LogP contribution in [0.2, 0.25) is 0 Å². The second-order valence-electron chi connectivity index (χ2n) is 9.74. The van der Waals surface area contributed by atoms with Crippen LogP contribution in [0.25, 0.3) is 5.69 Å². The molecule has 2 aromatic rings. The van der Waals surface area contributed by atoms with Crippen molar-refractivity contribution in [1.29, 1.82) is 0 Å². The Balaban J connectivity index is 0.00000342. The van der Waals surface area contributed by atoms with Crippen LogP contribution in [-0.2, 0) is 11.2 Å². The van der Waals surface area contributed by atoms with E-state index in [1.54, 1.807) is 16.8 Å². The smallest absolute Gasteiger partial charge is 1.00 e. The van der Waals surface area contributed by atoms with Gasteiger partial charge >= 0.3 is 35.5 Å². The molecule has 0 spiro atoms. The first-order chi connectivity index (χ1) is 16.7. The van der Waals surface area contributed by atoms with Crippen molar-refractivity contribution in [3.05, 3.63) is 47.0 Å². The van der Waals surface area contributed by atoms with Gasteiger partial charge in [-0.1, -0.05) is 33.1 Å². The number of hydrogen-bond donors (Lipinski definition) is 4. The van der Waals surface area contributed by atoms with Crippen LogP contribution in [0.4, 0.5) is 4.39 Å². The topological polar surface area (TPSA) is 125 Å². The predicted molar refractivity (Wildman–Crippen MR) is 130 cm³/mol. The number of aromatic nitrogens is 2. The van der Waals surface area contributed by atoms with Gasteiger partial charge in [0.2, 0.25) is 0 Å². The number of carboxylic acids is 1. The van der Waals surface area contributed by atoms with E-state index in [1.807, 2.05) is 13.8 Å². The zero-order chi connectivity index (χ0) is 25.5. The summed E-state index contributed by atoms with van der Waals surface area (Å²) in [5.74, 6) is -1.79. The molecule has 1 amide bonds. The van der Waals surface area contributed by atoms with Gasteiger partial charge in [0.25, 0.3) is 5.91 Å². The number of carboxylic acid groups (broad SMARTS) is 1. The summed E-state index contributed by atoms with van der Waals surface area (Å²) in [6, 6.07) is 5.95. The molecule has 0 saturated heterocycles. The molecule has 1 fully saturated rings. The van der Waals surface area contributed by atoms with Gasteiger partial charge in [-0.2, -0.15) is 5.10 Å². The van der Waals surface area contributed by atoms with Crippen molar-refractivity contribution in [1.82, 2.24) is 15.1 Å². The summed E-state index contributed by atoms with van der Waals surface area (Å²) in [6.45, 7) is 3.94. The fourth-order valence-corrected chi connectivity index (χ4v) is 4.80. The average molecular weight is 514 g/mol. The third-order valence-electron chi connectivity index (χ3n) is 6.49. The van der Waals surface area contributed by atoms with E-state index in [1.165, 1.54) is 18.6 Å². The second-order valence-corrected chi connectivity index (χ2v) is 9.74. The quantitative estimate of drug-likeness (QED) is 0.330. The standard InChI is InChI=1S/C26H36FN3O5.Na.H/c1-16(2)24-22(13-12-20(31)14-21(32)15-23(33)34)30(19-10-8-17(27)9-11-19)29-25(24)26(35)28-18-6-4-3-5-7-18;;/h8-11,16,18,20-21,31-32H,3-7,12-15H2,1-2H3,(H,28,35)(H,33,34);;/q;+1;-1/t20-,21-;;/m1../s1. The summed E-state index contributed by atoms with van der Waals surface area (Å²) >= 11 is 0. The maximum Gasteiger partial charge on any atom is 1.00 e. The third-order valence-corrected chi connectivity index (χ3v) is 6.49. The Morgan fingerprint density at radius 2 is 1.78 bits per heavy atom. The van der Waals surface area contributed by atoms with Gasteiger partial charge in [-0.05, 0) is 62.3 Å². The maximum atomic E-state index is 13.6. The summed E-state index contributed by atoms with van der Waals surface area (Å²) < 4.78 is 15.2. The van der Waals surface area contributed by atoms with E-state index in [4.69, 9.17) is 5.11 Å². The van der Waals surface area contributed by atoms with Crippen molar-refractivity contribution in [3.8, 4) is 5.69 Å². The minimum absolute atomic E-state index is 0. The van der Waals surface area contributed by atoms with Crippen molar-refractivity contribution in [2.45, 2.75) is 95.8 Å². The summed E-state index contributed by atoms with van der Waals surface area (Å²) in [4.78, 5) is 24.1. The van der Waals surface area contributed by atoms with Crippen LogP contribution in [0, 0.1) is 5.82 Å². The summed E-state index contributed by atoms with van der Waals surface area (Å²) in [5.41, 5.74) is 2.42. The minimum Gasteiger partial charge on any atom is -1.00 e. The molecule has 0 radical (unpaired) electrons. The first kappa shape index (κ1) is 30.4. The largest absolute Gasteiger partial charge is 1.00 e. The molecule has 1 aliphatic rings. The molecular formula is C26H37FN3NaO5. The van der Waals surface area contributed by atoms with Gasteiger partial charge in [-0.25, -0.2) is 9.07 Å². The number of benzene rings is 1. The SMILES string of the molecule is CC(C)c1c(C(=O)NC2CCCCC2)nn(-c2ccc(F)cc2)c1CC[C@@H](O)C[C@@H](O)CC(=O)O.[H-].[Na+]. The third kappa shape index (κ3) is 8.38. The summed E-state index contributed by atoms with van der Waals surface area (Å²) in [7, 11) is 0. The Labute approximate surface area is 235 Å². The maximum absolute atomic E-state index is 13.6. The van der Waals surface area contributed by atoms with Crippen LogP contribution in [0.5, 0.6) is 0 Å². The van der Waals surface area contributed by atoms with E-state index in [-0.39, 0.29) is 67.5 Å². The fraction of sp³-hybridized carbons (Fsp3) is 0.577. The Morgan fingerprint density at radius 3 is 2.36 bits per heavy atom. The van der Waals surface area contributed by atoms with E-state index >= 15 is 0 Å². The molecule has 0 aliphatic heterocycles. The summed E-state index contributed by atoms with van der Waals surface area (Å²) in [6.07, 6.45) is 3.24. The number of aliphatic hydroxyl groups excluding tert-OH is 2. The van der Waals surface area contributed by atoms with E-state index in [9.17, 15) is 24.2 Å². The zero-order valence-electron chi connectivity index (χ0n) is 22.4. The molecule has 1 saturated carbocycles. The Hall–Kier alpha value is -1.78. The molecular weight excluding hydrogens is 476 g/mol. The molecule has 8 nitrogen and oxygen atoms in total. The first-order valence-electron chi connectivity index (χ1n) is 12.4. The van der Waals surface area contributed by atoms with Gasteiger partial charge in [-0.15, -0.1) is 0 Å². The van der Waals surface area contributed by atoms with Crippen LogP contribution in [0.3, 0.4) is 0 Å². The molecule has 4 N–H and O–H groups in total. The van der Waals surface area contributed by atoms with Crippen molar-refractivity contribution in [2.24, 2.45) is 0 Å². The van der Waals surface area contributed by atoms with Crippen LogP contribution >= 0.6 is 0 Å². The number of rotatable bonds is 11. The second kappa shape index (κ2) is 14.2. The van der Waals surface area contributed by atoms with Gasteiger partial charge in [0, 0.05) is 17.3 Å². The average Bonchev–Trinajstić information content (AvgIpc) is 3.18.